The molecule has 1 aromatic carbocycles. The van der Waals surface area contributed by atoms with Gasteiger partial charge in [-0.15, -0.1) is 12.6 Å². The van der Waals surface area contributed by atoms with Crippen LogP contribution in [0.3, 0.4) is 0 Å². The third kappa shape index (κ3) is 12.4. The first kappa shape index (κ1) is 23.4. The summed E-state index contributed by atoms with van der Waals surface area (Å²) in [7, 11) is 0. The molecule has 0 aromatic heterocycles. The molecule has 0 saturated heterocycles. The van der Waals surface area contributed by atoms with Crippen molar-refractivity contribution in [1.82, 2.24) is 5.32 Å². The van der Waals surface area contributed by atoms with E-state index < -0.39 is 0 Å². The van der Waals surface area contributed by atoms with Crippen LogP contribution in [0, 0.1) is 0 Å². The van der Waals surface area contributed by atoms with E-state index in [0.29, 0.717) is 11.4 Å². The van der Waals surface area contributed by atoms with Crippen molar-refractivity contribution in [2.45, 2.75) is 33.6 Å². The Morgan fingerprint density at radius 1 is 1.32 bits per heavy atom. The highest BCUT2D eigenvalue weighted by atomic mass is 79.9. The van der Waals surface area contributed by atoms with Crippen LogP contribution >= 0.6 is 28.6 Å². The van der Waals surface area contributed by atoms with Crippen LogP contribution in [0.4, 0.5) is 0 Å². The first-order chi connectivity index (χ1) is 12.1. The van der Waals surface area contributed by atoms with Crippen molar-refractivity contribution >= 4 is 40.7 Å². The van der Waals surface area contributed by atoms with E-state index in [-0.39, 0.29) is 5.91 Å². The molecule has 0 radical (unpaired) electrons. The van der Waals surface area contributed by atoms with E-state index >= 15 is 0 Å². The predicted octanol–water partition coefficient (Wildman–Crippen LogP) is 5.50. The number of nitrogens with one attached hydrogen (secondary N) is 1. The number of halogens is 1. The molecule has 3 nitrogen and oxygen atoms in total. The molecule has 0 aliphatic rings. The maximum absolute atomic E-state index is 11.9. The third-order valence-electron chi connectivity index (χ3n) is 2.82. The summed E-state index contributed by atoms with van der Waals surface area (Å²) in [6.45, 7) is 6.44. The van der Waals surface area contributed by atoms with E-state index in [9.17, 15) is 4.79 Å². The smallest absolute Gasteiger partial charge is 0.257 e. The van der Waals surface area contributed by atoms with Crippen molar-refractivity contribution in [2.75, 3.05) is 6.54 Å². The van der Waals surface area contributed by atoms with Gasteiger partial charge in [0.15, 0.2) is 0 Å². The van der Waals surface area contributed by atoms with Gasteiger partial charge in [-0.1, -0.05) is 60.1 Å². The molecule has 136 valence electrons. The first-order valence-electron chi connectivity index (χ1n) is 8.34. The van der Waals surface area contributed by atoms with Crippen LogP contribution in [0.5, 0.6) is 0 Å². The number of aliphatic imine (C=N–C) groups is 1. The molecule has 1 N–H and O–H groups in total. The lowest BCUT2D eigenvalue weighted by molar-refractivity contribution is -0.116. The van der Waals surface area contributed by atoms with Crippen LogP contribution < -0.4 is 5.32 Å². The van der Waals surface area contributed by atoms with Gasteiger partial charge in [-0.2, -0.15) is 0 Å². The van der Waals surface area contributed by atoms with Gasteiger partial charge in [-0.25, -0.2) is 0 Å². The van der Waals surface area contributed by atoms with Gasteiger partial charge < -0.3 is 5.32 Å². The fourth-order valence-electron chi connectivity index (χ4n) is 1.70. The molecule has 0 atom stereocenters. The van der Waals surface area contributed by atoms with Crippen LogP contribution in [0.1, 0.15) is 32.8 Å². The van der Waals surface area contributed by atoms with Crippen LogP contribution in [-0.4, -0.2) is 18.7 Å². The largest absolute Gasteiger partial charge is 0.351 e. The summed E-state index contributed by atoms with van der Waals surface area (Å²) in [4.78, 5) is 16.2. The van der Waals surface area contributed by atoms with Gasteiger partial charge in [0.2, 0.25) is 0 Å². The topological polar surface area (TPSA) is 41.5 Å². The third-order valence-corrected chi connectivity index (χ3v) is 3.67. The van der Waals surface area contributed by atoms with E-state index in [1.165, 1.54) is 5.56 Å². The van der Waals surface area contributed by atoms with Gasteiger partial charge in [0, 0.05) is 23.4 Å². The molecule has 0 heterocycles. The van der Waals surface area contributed by atoms with Gasteiger partial charge in [0.1, 0.15) is 0 Å². The number of amides is 1. The molecule has 1 amide bonds. The zero-order chi connectivity index (χ0) is 18.9. The summed E-state index contributed by atoms with van der Waals surface area (Å²) < 4.78 is 1.04. The second-order valence-electron chi connectivity index (χ2n) is 4.64. The van der Waals surface area contributed by atoms with Crippen LogP contribution in [0.25, 0.3) is 0 Å². The number of allylic oxidation sites excluding steroid dienone is 4. The highest BCUT2D eigenvalue weighted by molar-refractivity contribution is 9.10. The summed E-state index contributed by atoms with van der Waals surface area (Å²) in [6, 6.07) is 8.04. The van der Waals surface area contributed by atoms with Gasteiger partial charge >= 0.3 is 0 Å². The fraction of sp³-hybridized carbons (Fsp3) is 0.300. The summed E-state index contributed by atoms with van der Waals surface area (Å²) >= 11 is 7.64. The second kappa shape index (κ2) is 15.9. The van der Waals surface area contributed by atoms with E-state index in [2.05, 4.69) is 38.9 Å². The van der Waals surface area contributed by atoms with Crippen LogP contribution in [0.2, 0.25) is 0 Å². The Bertz CT molecular complexity index is 622. The van der Waals surface area contributed by atoms with Crippen molar-refractivity contribution in [2.24, 2.45) is 4.99 Å². The summed E-state index contributed by atoms with van der Waals surface area (Å²) in [5.74, 6) is -0.167. The van der Waals surface area contributed by atoms with Gasteiger partial charge in [-0.3, -0.25) is 9.79 Å². The Morgan fingerprint density at radius 3 is 2.76 bits per heavy atom. The Hall–Kier alpha value is -1.59. The van der Waals surface area contributed by atoms with Gasteiger partial charge in [0.25, 0.3) is 5.91 Å². The second-order valence-corrected chi connectivity index (χ2v) is 6.04. The fourth-order valence-corrected chi connectivity index (χ4v) is 2.31. The Labute approximate surface area is 165 Å². The molecule has 1 aromatic rings. The molecule has 0 bridgehead atoms. The number of thiol groups is 1. The lowest BCUT2D eigenvalue weighted by atomic mass is 10.1. The Balaban J connectivity index is 0.00000277. The molecule has 25 heavy (non-hydrogen) atoms. The van der Waals surface area contributed by atoms with Crippen molar-refractivity contribution < 1.29 is 4.79 Å². The number of hydrogen-bond donors (Lipinski definition) is 2. The van der Waals surface area contributed by atoms with E-state index in [1.54, 1.807) is 18.5 Å². The molecule has 0 aliphatic carbocycles. The van der Waals surface area contributed by atoms with Gasteiger partial charge in [0.05, 0.1) is 4.91 Å². The molecular formula is C20H27BrN2OS. The van der Waals surface area contributed by atoms with Crippen LogP contribution in [0.15, 0.2) is 69.1 Å². The summed E-state index contributed by atoms with van der Waals surface area (Å²) in [5, 5.41) is 2.85. The molecule has 0 fully saturated rings. The minimum Gasteiger partial charge on any atom is -0.351 e. The maximum Gasteiger partial charge on any atom is 0.257 e. The monoisotopic (exact) mass is 422 g/mol. The predicted molar refractivity (Wildman–Crippen MR) is 116 cm³/mol. The Kier molecular flexibility index (Phi) is 14.9. The van der Waals surface area contributed by atoms with Gasteiger partial charge in [-0.05, 0) is 43.5 Å². The lowest BCUT2D eigenvalue weighted by Crippen LogP contribution is -2.25. The number of carbonyl (C=O) groups is 1. The minimum atomic E-state index is -0.167. The molecule has 1 rings (SSSR count). The zero-order valence-electron chi connectivity index (χ0n) is 15.1. The normalized spacial score (nSPS) is 11.8. The maximum atomic E-state index is 11.9. The van der Waals surface area contributed by atoms with Crippen molar-refractivity contribution in [1.29, 1.82) is 0 Å². The number of nitrogens with zero attached hydrogens (tertiary/aromatic N) is 1. The van der Waals surface area contributed by atoms with E-state index in [1.807, 2.05) is 63.3 Å². The van der Waals surface area contributed by atoms with Crippen molar-refractivity contribution in [3.63, 3.8) is 0 Å². The molecule has 5 heteroatoms. The average Bonchev–Trinajstić information content (AvgIpc) is 2.62. The summed E-state index contributed by atoms with van der Waals surface area (Å²) in [5.41, 5.74) is 1.17. The SMILES string of the molecule is CC.CC=N/C=C\C/C=C/C=C(\S)C(=O)NCCc1cccc(Br)c1. The average molecular weight is 423 g/mol. The zero-order valence-corrected chi connectivity index (χ0v) is 17.6. The molecule has 0 aliphatic heterocycles. The number of benzene rings is 1. The number of rotatable bonds is 8. The molecular weight excluding hydrogens is 396 g/mol. The van der Waals surface area contributed by atoms with Crippen molar-refractivity contribution in [3.05, 3.63) is 69.7 Å². The number of carbonyl (C=O) groups excluding carboxylic acids is 1. The summed E-state index contributed by atoms with van der Waals surface area (Å²) in [6.07, 6.45) is 12.4. The lowest BCUT2D eigenvalue weighted by Gasteiger charge is -2.05. The molecule has 0 unspecified atom stereocenters. The minimum absolute atomic E-state index is 0.167. The quantitative estimate of drug-likeness (QED) is 0.247. The molecule has 0 saturated carbocycles. The standard InChI is InChI=1S/C18H21BrN2OS.C2H6/c1-2-20-12-6-4-3-5-10-17(23)18(22)21-13-11-15-8-7-9-16(19)14-15;1-2/h2-3,5-10,12,14,23H,4,11,13H2,1H3,(H,21,22);1-2H3/b5-3+,12-6-,17-10-,20-2?;. The highest BCUT2D eigenvalue weighted by Gasteiger charge is 2.03. The highest BCUT2D eigenvalue weighted by Crippen LogP contribution is 2.11. The van der Waals surface area contributed by atoms with E-state index in [0.717, 1.165) is 17.3 Å². The van der Waals surface area contributed by atoms with E-state index in [4.69, 9.17) is 0 Å². The molecule has 0 spiro atoms. The van der Waals surface area contributed by atoms with Crippen LogP contribution in [-0.2, 0) is 11.2 Å². The Morgan fingerprint density at radius 2 is 2.08 bits per heavy atom. The first-order valence-corrected chi connectivity index (χ1v) is 9.58. The van der Waals surface area contributed by atoms with Crippen molar-refractivity contribution in [3.8, 4) is 0 Å². The number of hydrogen-bond acceptors (Lipinski definition) is 3.